The molecule has 1 heterocycles. The maximum atomic E-state index is 11.7. The van der Waals surface area contributed by atoms with Gasteiger partial charge in [0, 0.05) is 11.3 Å². The van der Waals surface area contributed by atoms with Crippen LogP contribution in [0.5, 0.6) is 0 Å². The summed E-state index contributed by atoms with van der Waals surface area (Å²) in [5.41, 5.74) is -0.00831. The van der Waals surface area contributed by atoms with Crippen LogP contribution >= 0.6 is 11.8 Å². The van der Waals surface area contributed by atoms with E-state index >= 15 is 0 Å². The summed E-state index contributed by atoms with van der Waals surface area (Å²) < 4.78 is 23.5. The molecule has 1 saturated heterocycles. The molecule has 0 spiro atoms. The Labute approximate surface area is 74.8 Å². The summed E-state index contributed by atoms with van der Waals surface area (Å²) >= 11 is 1.50. The molecular weight excluding hydrogens is 182 g/mol. The Hall–Kier alpha value is -0.320. The van der Waals surface area contributed by atoms with Crippen LogP contribution in [0.15, 0.2) is 4.99 Å². The molecule has 0 aromatic rings. The van der Waals surface area contributed by atoms with Crippen LogP contribution in [-0.4, -0.2) is 29.4 Å². The second-order valence-electron chi connectivity index (χ2n) is 3.33. The predicted molar refractivity (Wildman–Crippen MR) is 48.0 cm³/mol. The molecule has 12 heavy (non-hydrogen) atoms. The van der Waals surface area contributed by atoms with Crippen LogP contribution in [-0.2, 0) is 0 Å². The van der Waals surface area contributed by atoms with Gasteiger partial charge in [-0.15, -0.1) is 0 Å². The van der Waals surface area contributed by atoms with E-state index in [-0.39, 0.29) is 5.54 Å². The van der Waals surface area contributed by atoms with Crippen molar-refractivity contribution in [2.75, 3.05) is 12.3 Å². The highest BCUT2D eigenvalue weighted by atomic mass is 32.2. The van der Waals surface area contributed by atoms with Gasteiger partial charge in [0.1, 0.15) is 6.54 Å². The summed E-state index contributed by atoms with van der Waals surface area (Å²) in [6.07, 6.45) is -2.34. The highest BCUT2D eigenvalue weighted by Gasteiger charge is 2.27. The van der Waals surface area contributed by atoms with E-state index in [1.165, 1.54) is 11.8 Å². The number of halogens is 2. The number of thioether (sulfide) groups is 1. The summed E-state index contributed by atoms with van der Waals surface area (Å²) in [5.74, 6) is 0.884. The molecule has 1 fully saturated rings. The molecule has 0 bridgehead atoms. The fraction of sp³-hybridized carbons (Fsp3) is 0.857. The Kier molecular flexibility index (Phi) is 2.93. The zero-order valence-electron chi connectivity index (χ0n) is 7.10. The second-order valence-corrected chi connectivity index (χ2v) is 4.30. The average molecular weight is 194 g/mol. The van der Waals surface area contributed by atoms with Gasteiger partial charge in [-0.05, 0) is 13.8 Å². The molecule has 0 atom stereocenters. The minimum atomic E-state index is -2.34. The fourth-order valence-corrected chi connectivity index (χ4v) is 1.93. The van der Waals surface area contributed by atoms with E-state index in [1.54, 1.807) is 0 Å². The smallest absolute Gasteiger partial charge is 0.257 e. The van der Waals surface area contributed by atoms with Crippen molar-refractivity contribution in [2.24, 2.45) is 4.99 Å². The van der Waals surface area contributed by atoms with Crippen molar-refractivity contribution in [2.45, 2.75) is 25.8 Å². The SMILES string of the molecule is CC1(C)CSC(=NCC(F)F)N1. The van der Waals surface area contributed by atoms with Gasteiger partial charge >= 0.3 is 0 Å². The molecule has 2 nitrogen and oxygen atoms in total. The molecule has 0 aliphatic carbocycles. The Bertz CT molecular complexity index is 192. The maximum Gasteiger partial charge on any atom is 0.257 e. The lowest BCUT2D eigenvalue weighted by Gasteiger charge is -2.15. The van der Waals surface area contributed by atoms with Gasteiger partial charge < -0.3 is 5.32 Å². The van der Waals surface area contributed by atoms with E-state index in [0.29, 0.717) is 5.17 Å². The topological polar surface area (TPSA) is 24.4 Å². The zero-order valence-corrected chi connectivity index (χ0v) is 7.92. The van der Waals surface area contributed by atoms with Crippen LogP contribution in [0.3, 0.4) is 0 Å². The highest BCUT2D eigenvalue weighted by molar-refractivity contribution is 8.14. The number of alkyl halides is 2. The Morgan fingerprint density at radius 1 is 1.67 bits per heavy atom. The van der Waals surface area contributed by atoms with Gasteiger partial charge in [0.05, 0.1) is 0 Å². The lowest BCUT2D eigenvalue weighted by Crippen LogP contribution is -2.37. The molecule has 0 saturated carbocycles. The first-order valence-corrected chi connectivity index (χ1v) is 4.72. The van der Waals surface area contributed by atoms with Crippen molar-refractivity contribution in [3.8, 4) is 0 Å². The third-order valence-corrected chi connectivity index (χ3v) is 2.76. The van der Waals surface area contributed by atoms with Crippen LogP contribution in [0.4, 0.5) is 8.78 Å². The van der Waals surface area contributed by atoms with Crippen molar-refractivity contribution < 1.29 is 8.78 Å². The summed E-state index contributed by atoms with van der Waals surface area (Å²) in [4.78, 5) is 3.74. The van der Waals surface area contributed by atoms with Gasteiger partial charge in [0.25, 0.3) is 6.43 Å². The molecule has 0 unspecified atom stereocenters. The zero-order chi connectivity index (χ0) is 9.19. The molecule has 1 N–H and O–H groups in total. The number of aliphatic imine (C=N–C) groups is 1. The van der Waals surface area contributed by atoms with E-state index in [2.05, 4.69) is 10.3 Å². The lowest BCUT2D eigenvalue weighted by molar-refractivity contribution is 0.158. The maximum absolute atomic E-state index is 11.7. The third-order valence-electron chi connectivity index (χ3n) is 1.39. The summed E-state index contributed by atoms with van der Waals surface area (Å²) in [5, 5.41) is 3.70. The lowest BCUT2D eigenvalue weighted by atomic mass is 10.1. The molecule has 0 radical (unpaired) electrons. The van der Waals surface area contributed by atoms with Crippen LogP contribution in [0.25, 0.3) is 0 Å². The van der Waals surface area contributed by atoms with E-state index in [1.807, 2.05) is 13.8 Å². The highest BCUT2D eigenvalue weighted by Crippen LogP contribution is 2.21. The van der Waals surface area contributed by atoms with Crippen molar-refractivity contribution in [3.05, 3.63) is 0 Å². The second kappa shape index (κ2) is 3.60. The van der Waals surface area contributed by atoms with Crippen molar-refractivity contribution in [3.63, 3.8) is 0 Å². The van der Waals surface area contributed by atoms with Crippen LogP contribution in [0, 0.1) is 0 Å². The average Bonchev–Trinajstić information content (AvgIpc) is 2.26. The van der Waals surface area contributed by atoms with E-state index < -0.39 is 13.0 Å². The first-order valence-electron chi connectivity index (χ1n) is 3.73. The van der Waals surface area contributed by atoms with E-state index in [9.17, 15) is 8.78 Å². The van der Waals surface area contributed by atoms with E-state index in [0.717, 1.165) is 5.75 Å². The molecule has 1 aliphatic rings. The number of hydrogen-bond acceptors (Lipinski definition) is 2. The number of hydrogen-bond donors (Lipinski definition) is 1. The molecule has 1 rings (SSSR count). The molecule has 0 amide bonds. The van der Waals surface area contributed by atoms with Crippen molar-refractivity contribution >= 4 is 16.9 Å². The van der Waals surface area contributed by atoms with Gasteiger partial charge in [-0.3, -0.25) is 4.99 Å². The van der Waals surface area contributed by atoms with Crippen molar-refractivity contribution in [1.82, 2.24) is 5.32 Å². The normalized spacial score (nSPS) is 24.9. The van der Waals surface area contributed by atoms with Gasteiger partial charge in [0.2, 0.25) is 0 Å². The molecular formula is C7H12F2N2S. The van der Waals surface area contributed by atoms with Gasteiger partial charge in [-0.2, -0.15) is 0 Å². The fourth-order valence-electron chi connectivity index (χ4n) is 0.848. The summed E-state index contributed by atoms with van der Waals surface area (Å²) in [7, 11) is 0. The number of nitrogens with one attached hydrogen (secondary N) is 1. The quantitative estimate of drug-likeness (QED) is 0.724. The van der Waals surface area contributed by atoms with Gasteiger partial charge in [-0.25, -0.2) is 8.78 Å². The van der Waals surface area contributed by atoms with Crippen molar-refractivity contribution in [1.29, 1.82) is 0 Å². The predicted octanol–water partition coefficient (Wildman–Crippen LogP) is 1.72. The Morgan fingerprint density at radius 2 is 2.33 bits per heavy atom. The minimum Gasteiger partial charge on any atom is -0.359 e. The third kappa shape index (κ3) is 2.97. The molecule has 0 aromatic heterocycles. The first-order chi connectivity index (χ1) is 5.49. The van der Waals surface area contributed by atoms with Crippen LogP contribution in [0.1, 0.15) is 13.8 Å². The number of rotatable bonds is 2. The summed E-state index contributed by atoms with van der Waals surface area (Å²) in [6.45, 7) is 3.64. The number of nitrogens with zero attached hydrogens (tertiary/aromatic N) is 1. The van der Waals surface area contributed by atoms with E-state index in [4.69, 9.17) is 0 Å². The minimum absolute atomic E-state index is 0.00831. The summed E-state index contributed by atoms with van der Waals surface area (Å²) in [6, 6.07) is 0. The largest absolute Gasteiger partial charge is 0.359 e. The standard InChI is InChI=1S/C7H12F2N2S/c1-7(2)4-12-6(11-7)10-3-5(8)9/h5H,3-4H2,1-2H3,(H,10,11). The number of amidine groups is 1. The molecule has 1 aliphatic heterocycles. The van der Waals surface area contributed by atoms with Gasteiger partial charge in [0.15, 0.2) is 5.17 Å². The molecule has 0 aromatic carbocycles. The molecule has 70 valence electrons. The first kappa shape index (κ1) is 9.77. The van der Waals surface area contributed by atoms with Gasteiger partial charge in [-0.1, -0.05) is 11.8 Å². The molecule has 5 heteroatoms. The Balaban J connectivity index is 2.41. The Morgan fingerprint density at radius 3 is 2.75 bits per heavy atom. The monoisotopic (exact) mass is 194 g/mol. The van der Waals surface area contributed by atoms with Crippen LogP contribution in [0.2, 0.25) is 0 Å². The van der Waals surface area contributed by atoms with Crippen LogP contribution < -0.4 is 5.32 Å².